The predicted octanol–water partition coefficient (Wildman–Crippen LogP) is 3.58. The van der Waals surface area contributed by atoms with Crippen molar-refractivity contribution in [3.05, 3.63) is 46.7 Å². The van der Waals surface area contributed by atoms with Crippen LogP contribution in [0.4, 0.5) is 5.69 Å². The van der Waals surface area contributed by atoms with Gasteiger partial charge in [-0.15, -0.1) is 0 Å². The van der Waals surface area contributed by atoms with Gasteiger partial charge in [0.2, 0.25) is 5.91 Å². The molecule has 2 N–H and O–H groups in total. The number of para-hydroxylation sites is 1. The second-order valence-electron chi connectivity index (χ2n) is 6.36. The summed E-state index contributed by atoms with van der Waals surface area (Å²) in [5.41, 5.74) is 3.19. The van der Waals surface area contributed by atoms with Crippen molar-refractivity contribution in [1.82, 2.24) is 15.1 Å². The summed E-state index contributed by atoms with van der Waals surface area (Å²) in [6, 6.07) is 7.31. The largest absolute Gasteiger partial charge is 0.325 e. The highest BCUT2D eigenvalue weighted by Crippen LogP contribution is 2.28. The monoisotopic (exact) mass is 346 g/mol. The number of benzene rings is 1. The number of aromatic nitrogens is 2. The lowest BCUT2D eigenvalue weighted by Crippen LogP contribution is -2.35. The summed E-state index contributed by atoms with van der Waals surface area (Å²) in [7, 11) is 0. The number of hydrogen-bond donors (Lipinski definition) is 2. The number of halogens is 1. The van der Waals surface area contributed by atoms with Gasteiger partial charge in [0.1, 0.15) is 0 Å². The van der Waals surface area contributed by atoms with Gasteiger partial charge in [-0.3, -0.25) is 9.89 Å². The van der Waals surface area contributed by atoms with E-state index in [9.17, 15) is 4.79 Å². The first-order valence-electron chi connectivity index (χ1n) is 8.40. The van der Waals surface area contributed by atoms with Crippen LogP contribution in [-0.2, 0) is 4.79 Å². The number of aromatic amines is 1. The predicted molar refractivity (Wildman–Crippen MR) is 96.4 cm³/mol. The molecule has 1 aliphatic heterocycles. The Hall–Kier alpha value is -1.85. The summed E-state index contributed by atoms with van der Waals surface area (Å²) in [4.78, 5) is 14.4. The summed E-state index contributed by atoms with van der Waals surface area (Å²) in [6.07, 6.45) is 4.59. The number of rotatable bonds is 5. The first-order valence-corrected chi connectivity index (χ1v) is 8.78. The maximum Gasteiger partial charge on any atom is 0.225 e. The minimum Gasteiger partial charge on any atom is -0.325 e. The molecule has 1 fully saturated rings. The Morgan fingerprint density at radius 1 is 1.38 bits per heavy atom. The standard InChI is InChI=1S/C18H23ClN4O/c1-13-12-20-22-18(13)14-6-9-23(10-7-14)11-8-17(24)21-16-5-3-2-4-15(16)19/h2-5,12,14H,6-11H2,1H3,(H,20,22)(H,21,24). The second kappa shape index (κ2) is 7.81. The Labute approximate surface area is 147 Å². The molecular formula is C18H23ClN4O. The van der Waals surface area contributed by atoms with Crippen LogP contribution in [0.1, 0.15) is 36.4 Å². The zero-order valence-electron chi connectivity index (χ0n) is 13.9. The molecular weight excluding hydrogens is 324 g/mol. The van der Waals surface area contributed by atoms with Crippen LogP contribution in [0.3, 0.4) is 0 Å². The van der Waals surface area contributed by atoms with E-state index in [0.29, 0.717) is 23.0 Å². The summed E-state index contributed by atoms with van der Waals surface area (Å²) < 4.78 is 0. The van der Waals surface area contributed by atoms with Crippen LogP contribution < -0.4 is 5.32 Å². The van der Waals surface area contributed by atoms with Gasteiger partial charge in [0.05, 0.1) is 16.9 Å². The van der Waals surface area contributed by atoms with Crippen molar-refractivity contribution in [2.24, 2.45) is 0 Å². The number of likely N-dealkylation sites (tertiary alicyclic amines) is 1. The lowest BCUT2D eigenvalue weighted by molar-refractivity contribution is -0.116. The van der Waals surface area contributed by atoms with Crippen molar-refractivity contribution in [2.45, 2.75) is 32.1 Å². The van der Waals surface area contributed by atoms with Crippen LogP contribution in [0.25, 0.3) is 0 Å². The number of carbonyl (C=O) groups excluding carboxylic acids is 1. The number of hydrogen-bond acceptors (Lipinski definition) is 3. The number of piperidine rings is 1. The molecule has 2 heterocycles. The van der Waals surface area contributed by atoms with Gasteiger partial charge in [0.15, 0.2) is 0 Å². The van der Waals surface area contributed by atoms with E-state index in [1.807, 2.05) is 24.4 Å². The van der Waals surface area contributed by atoms with E-state index in [4.69, 9.17) is 11.6 Å². The Morgan fingerprint density at radius 3 is 2.79 bits per heavy atom. The summed E-state index contributed by atoms with van der Waals surface area (Å²) in [6.45, 7) is 4.92. The van der Waals surface area contributed by atoms with Gasteiger partial charge in [-0.1, -0.05) is 23.7 Å². The van der Waals surface area contributed by atoms with Crippen molar-refractivity contribution >= 4 is 23.2 Å². The quantitative estimate of drug-likeness (QED) is 0.869. The lowest BCUT2D eigenvalue weighted by Gasteiger charge is -2.31. The second-order valence-corrected chi connectivity index (χ2v) is 6.77. The number of anilines is 1. The van der Waals surface area contributed by atoms with Gasteiger partial charge < -0.3 is 10.2 Å². The molecule has 24 heavy (non-hydrogen) atoms. The zero-order valence-corrected chi connectivity index (χ0v) is 14.6. The third-order valence-corrected chi connectivity index (χ3v) is 5.00. The molecule has 0 saturated carbocycles. The van der Waals surface area contributed by atoms with E-state index in [1.54, 1.807) is 6.07 Å². The number of H-pyrrole nitrogens is 1. The molecule has 0 bridgehead atoms. The summed E-state index contributed by atoms with van der Waals surface area (Å²) in [5.74, 6) is 0.565. The maximum atomic E-state index is 12.1. The highest BCUT2D eigenvalue weighted by Gasteiger charge is 2.23. The van der Waals surface area contributed by atoms with Gasteiger partial charge in [0, 0.05) is 24.6 Å². The number of carbonyl (C=O) groups is 1. The third-order valence-electron chi connectivity index (χ3n) is 4.67. The Balaban J connectivity index is 1.43. The average molecular weight is 347 g/mol. The fourth-order valence-electron chi connectivity index (χ4n) is 3.25. The van der Waals surface area contributed by atoms with E-state index in [1.165, 1.54) is 11.3 Å². The Bertz CT molecular complexity index is 692. The van der Waals surface area contributed by atoms with E-state index < -0.39 is 0 Å². The molecule has 0 atom stereocenters. The van der Waals surface area contributed by atoms with Crippen LogP contribution in [0.5, 0.6) is 0 Å². The van der Waals surface area contributed by atoms with Crippen LogP contribution >= 0.6 is 11.6 Å². The molecule has 0 spiro atoms. The molecule has 1 saturated heterocycles. The highest BCUT2D eigenvalue weighted by molar-refractivity contribution is 6.33. The minimum absolute atomic E-state index is 0.00892. The smallest absolute Gasteiger partial charge is 0.225 e. The number of amides is 1. The van der Waals surface area contributed by atoms with Gasteiger partial charge in [-0.2, -0.15) is 5.10 Å². The first-order chi connectivity index (χ1) is 11.6. The molecule has 1 amide bonds. The molecule has 1 aliphatic rings. The highest BCUT2D eigenvalue weighted by atomic mass is 35.5. The first kappa shape index (κ1) is 17.0. The van der Waals surface area contributed by atoms with Gasteiger partial charge in [0.25, 0.3) is 0 Å². The molecule has 0 aliphatic carbocycles. The van der Waals surface area contributed by atoms with Crippen LogP contribution in [0, 0.1) is 6.92 Å². The SMILES string of the molecule is Cc1cn[nH]c1C1CCN(CCC(=O)Nc2ccccc2Cl)CC1. The molecule has 2 aromatic rings. The number of aryl methyl sites for hydroxylation is 1. The molecule has 0 unspecified atom stereocenters. The average Bonchev–Trinajstić information content (AvgIpc) is 3.02. The van der Waals surface area contributed by atoms with Crippen molar-refractivity contribution in [3.63, 3.8) is 0 Å². The molecule has 5 nitrogen and oxygen atoms in total. The normalized spacial score (nSPS) is 16.2. The van der Waals surface area contributed by atoms with E-state index >= 15 is 0 Å². The van der Waals surface area contributed by atoms with Gasteiger partial charge in [-0.25, -0.2) is 0 Å². The van der Waals surface area contributed by atoms with E-state index in [0.717, 1.165) is 32.5 Å². The topological polar surface area (TPSA) is 61.0 Å². The fourth-order valence-corrected chi connectivity index (χ4v) is 3.43. The van der Waals surface area contributed by atoms with Gasteiger partial charge in [-0.05, 0) is 50.6 Å². The summed E-state index contributed by atoms with van der Waals surface area (Å²) in [5, 5.41) is 10.7. The molecule has 3 rings (SSSR count). The number of nitrogens with one attached hydrogen (secondary N) is 2. The van der Waals surface area contributed by atoms with Gasteiger partial charge >= 0.3 is 0 Å². The fraction of sp³-hybridized carbons (Fsp3) is 0.444. The van der Waals surface area contributed by atoms with Crippen LogP contribution in [0.2, 0.25) is 5.02 Å². The molecule has 6 heteroatoms. The van der Waals surface area contributed by atoms with E-state index in [-0.39, 0.29) is 5.91 Å². The lowest BCUT2D eigenvalue weighted by atomic mass is 9.91. The Kier molecular flexibility index (Phi) is 5.53. The van der Waals surface area contributed by atoms with Crippen molar-refractivity contribution < 1.29 is 4.79 Å². The van der Waals surface area contributed by atoms with E-state index in [2.05, 4.69) is 27.3 Å². The zero-order chi connectivity index (χ0) is 16.9. The molecule has 0 radical (unpaired) electrons. The molecule has 128 valence electrons. The van der Waals surface area contributed by atoms with Crippen molar-refractivity contribution in [2.75, 3.05) is 25.0 Å². The molecule has 1 aromatic heterocycles. The van der Waals surface area contributed by atoms with Crippen molar-refractivity contribution in [1.29, 1.82) is 0 Å². The van der Waals surface area contributed by atoms with Crippen LogP contribution in [-0.4, -0.2) is 40.6 Å². The minimum atomic E-state index is 0.00892. The maximum absolute atomic E-state index is 12.1. The molecule has 1 aromatic carbocycles. The third kappa shape index (κ3) is 4.16. The Morgan fingerprint density at radius 2 is 2.12 bits per heavy atom. The number of nitrogens with zero attached hydrogens (tertiary/aromatic N) is 2. The van der Waals surface area contributed by atoms with Crippen LogP contribution in [0.15, 0.2) is 30.5 Å². The summed E-state index contributed by atoms with van der Waals surface area (Å²) >= 11 is 6.06. The van der Waals surface area contributed by atoms with Crippen molar-refractivity contribution in [3.8, 4) is 0 Å².